The van der Waals surface area contributed by atoms with Gasteiger partial charge in [0.2, 0.25) is 0 Å². The number of rotatable bonds is 4. The summed E-state index contributed by atoms with van der Waals surface area (Å²) in [4.78, 5) is 16.4. The van der Waals surface area contributed by atoms with Gasteiger partial charge >= 0.3 is 7.82 Å². The first kappa shape index (κ1) is 11.4. The van der Waals surface area contributed by atoms with Crippen LogP contribution in [0.3, 0.4) is 0 Å². The summed E-state index contributed by atoms with van der Waals surface area (Å²) in [5.74, 6) is 0. The minimum Gasteiger partial charge on any atom is -0.394 e. The maximum Gasteiger partial charge on any atom is 0.470 e. The van der Waals surface area contributed by atoms with E-state index in [1.165, 1.54) is 0 Å². The van der Waals surface area contributed by atoms with Crippen molar-refractivity contribution >= 4 is 20.5 Å². The average molecular weight is 204 g/mol. The molecule has 0 saturated carbocycles. The number of thiol groups is 1. The highest BCUT2D eigenvalue weighted by molar-refractivity contribution is 7.81. The second kappa shape index (κ2) is 4.42. The lowest BCUT2D eigenvalue weighted by atomic mass is 10.4. The maximum atomic E-state index is 10.1. The molecule has 0 aromatic rings. The molecule has 0 radical (unpaired) electrons. The lowest BCUT2D eigenvalue weighted by Crippen LogP contribution is -2.26. The molecule has 2 atom stereocenters. The van der Waals surface area contributed by atoms with E-state index < -0.39 is 26.0 Å². The molecular weight excluding hydrogens is 195 g/mol. The summed E-state index contributed by atoms with van der Waals surface area (Å²) < 4.78 is 14.0. The fourth-order valence-corrected chi connectivity index (χ4v) is 1.19. The lowest BCUT2D eigenvalue weighted by molar-refractivity contribution is 0.0271. The second-order valence-corrected chi connectivity index (χ2v) is 3.44. The molecule has 0 aromatic carbocycles. The van der Waals surface area contributed by atoms with E-state index in [0.717, 1.165) is 0 Å². The Morgan fingerprint density at radius 2 is 2.00 bits per heavy atom. The molecule has 0 aliphatic rings. The summed E-state index contributed by atoms with van der Waals surface area (Å²) in [6.45, 7) is -0.672. The van der Waals surface area contributed by atoms with Gasteiger partial charge in [0.1, 0.15) is 11.5 Å². The topological polar surface area (TPSA) is 107 Å². The molecule has 8 heteroatoms. The molecule has 2 unspecified atom stereocenters. The lowest BCUT2D eigenvalue weighted by Gasteiger charge is -2.16. The van der Waals surface area contributed by atoms with Gasteiger partial charge in [-0.25, -0.2) is 4.57 Å². The van der Waals surface area contributed by atoms with Crippen molar-refractivity contribution < 1.29 is 29.1 Å². The van der Waals surface area contributed by atoms with Crippen molar-refractivity contribution in [3.05, 3.63) is 0 Å². The minimum atomic E-state index is -4.64. The van der Waals surface area contributed by atoms with Crippen molar-refractivity contribution in [2.45, 2.75) is 11.5 Å². The van der Waals surface area contributed by atoms with E-state index in [-0.39, 0.29) is 0 Å². The van der Waals surface area contributed by atoms with Gasteiger partial charge in [0, 0.05) is 0 Å². The molecule has 6 nitrogen and oxygen atoms in total. The van der Waals surface area contributed by atoms with Crippen LogP contribution < -0.4 is 0 Å². The van der Waals surface area contributed by atoms with Crippen LogP contribution in [-0.4, -0.2) is 38.1 Å². The van der Waals surface area contributed by atoms with E-state index >= 15 is 0 Å². The Morgan fingerprint density at radius 3 is 2.27 bits per heavy atom. The Labute approximate surface area is 68.5 Å². The predicted octanol–water partition coefficient (Wildman–Crippen LogP) is -1.30. The van der Waals surface area contributed by atoms with E-state index in [1.807, 2.05) is 0 Å². The molecular formula is C3H9O6PS. The monoisotopic (exact) mass is 204 g/mol. The summed E-state index contributed by atoms with van der Waals surface area (Å²) in [6, 6.07) is 0. The van der Waals surface area contributed by atoms with Gasteiger partial charge in [-0.05, 0) is 0 Å². The Kier molecular flexibility index (Phi) is 4.57. The van der Waals surface area contributed by atoms with E-state index in [4.69, 9.17) is 20.0 Å². The third-order valence-electron chi connectivity index (χ3n) is 0.762. The van der Waals surface area contributed by atoms with Crippen molar-refractivity contribution in [1.82, 2.24) is 0 Å². The first-order valence-electron chi connectivity index (χ1n) is 2.58. The standard InChI is InChI=1S/C3H9O6PS/c4-1-2(5)3(11)9-10(6,7)8/h2-5,11H,1H2,(H2,6,7,8). The smallest absolute Gasteiger partial charge is 0.394 e. The van der Waals surface area contributed by atoms with Crippen LogP contribution in [0.5, 0.6) is 0 Å². The molecule has 0 spiro atoms. The normalized spacial score (nSPS) is 17.9. The Bertz CT molecular complexity index is 156. The van der Waals surface area contributed by atoms with Crippen molar-refractivity contribution in [3.8, 4) is 0 Å². The first-order valence-corrected chi connectivity index (χ1v) is 4.62. The summed E-state index contributed by atoms with van der Waals surface area (Å²) in [5.41, 5.74) is -1.39. The van der Waals surface area contributed by atoms with Gasteiger partial charge in [0.05, 0.1) is 6.61 Å². The third kappa shape index (κ3) is 5.63. The van der Waals surface area contributed by atoms with E-state index in [1.54, 1.807) is 0 Å². The highest BCUT2D eigenvalue weighted by atomic mass is 32.1. The molecule has 0 heterocycles. The number of aliphatic hydroxyl groups excluding tert-OH is 2. The number of phosphoric ester groups is 1. The maximum absolute atomic E-state index is 10.1. The van der Waals surface area contributed by atoms with Gasteiger partial charge in [-0.2, -0.15) is 0 Å². The number of hydrogen-bond donors (Lipinski definition) is 5. The van der Waals surface area contributed by atoms with E-state index in [0.29, 0.717) is 0 Å². The molecule has 68 valence electrons. The van der Waals surface area contributed by atoms with Crippen LogP contribution in [0, 0.1) is 0 Å². The molecule has 11 heavy (non-hydrogen) atoms. The summed E-state index contributed by atoms with van der Waals surface area (Å²) in [7, 11) is -4.64. The molecule has 0 aliphatic carbocycles. The Balaban J connectivity index is 3.87. The zero-order valence-electron chi connectivity index (χ0n) is 5.36. The van der Waals surface area contributed by atoms with Crippen LogP contribution in [0.4, 0.5) is 0 Å². The molecule has 0 rings (SSSR count). The van der Waals surface area contributed by atoms with Crippen LogP contribution in [0.25, 0.3) is 0 Å². The van der Waals surface area contributed by atoms with Crippen LogP contribution in [0.1, 0.15) is 0 Å². The van der Waals surface area contributed by atoms with Crippen LogP contribution in [-0.2, 0) is 9.09 Å². The minimum absolute atomic E-state index is 0.672. The molecule has 0 fully saturated rings. The van der Waals surface area contributed by atoms with Crippen molar-refractivity contribution in [2.75, 3.05) is 6.61 Å². The van der Waals surface area contributed by atoms with E-state index in [9.17, 15) is 4.57 Å². The predicted molar refractivity (Wildman–Crippen MR) is 39.0 cm³/mol. The molecule has 0 aliphatic heterocycles. The van der Waals surface area contributed by atoms with Crippen molar-refractivity contribution in [3.63, 3.8) is 0 Å². The Morgan fingerprint density at radius 1 is 1.55 bits per heavy atom. The number of aliphatic hydroxyl groups is 2. The zero-order valence-corrected chi connectivity index (χ0v) is 7.15. The SMILES string of the molecule is O=P(O)(O)OC(S)C(O)CO. The summed E-state index contributed by atoms with van der Waals surface area (Å²) in [5, 5.41) is 17.0. The fourth-order valence-electron chi connectivity index (χ4n) is 0.301. The van der Waals surface area contributed by atoms with Gasteiger partial charge in [0.25, 0.3) is 0 Å². The third-order valence-corrected chi connectivity index (χ3v) is 1.88. The molecule has 0 saturated heterocycles. The van der Waals surface area contributed by atoms with Gasteiger partial charge in [-0.1, -0.05) is 0 Å². The summed E-state index contributed by atoms with van der Waals surface area (Å²) in [6.07, 6.45) is -1.41. The summed E-state index contributed by atoms with van der Waals surface area (Å²) >= 11 is 3.47. The quantitative estimate of drug-likeness (QED) is 0.221. The molecule has 0 amide bonds. The first-order chi connectivity index (χ1) is 4.87. The van der Waals surface area contributed by atoms with Crippen LogP contribution in [0.15, 0.2) is 0 Å². The van der Waals surface area contributed by atoms with Crippen LogP contribution >= 0.6 is 20.5 Å². The van der Waals surface area contributed by atoms with Gasteiger partial charge in [0.15, 0.2) is 0 Å². The number of phosphoric acid groups is 1. The average Bonchev–Trinajstić information content (AvgIpc) is 1.82. The fraction of sp³-hybridized carbons (Fsp3) is 1.00. The number of hydrogen-bond acceptors (Lipinski definition) is 5. The van der Waals surface area contributed by atoms with E-state index in [2.05, 4.69) is 17.2 Å². The molecule has 0 aromatic heterocycles. The largest absolute Gasteiger partial charge is 0.470 e. The zero-order chi connectivity index (χ0) is 9.07. The highest BCUT2D eigenvalue weighted by Crippen LogP contribution is 2.38. The van der Waals surface area contributed by atoms with Crippen molar-refractivity contribution in [1.29, 1.82) is 0 Å². The molecule has 0 bridgehead atoms. The van der Waals surface area contributed by atoms with Crippen molar-refractivity contribution in [2.24, 2.45) is 0 Å². The van der Waals surface area contributed by atoms with Gasteiger partial charge in [-0.15, -0.1) is 12.6 Å². The Hall–Kier alpha value is 0.380. The molecule has 4 N–H and O–H groups in total. The van der Waals surface area contributed by atoms with Gasteiger partial charge < -0.3 is 20.0 Å². The highest BCUT2D eigenvalue weighted by Gasteiger charge is 2.24. The second-order valence-electron chi connectivity index (χ2n) is 1.74. The van der Waals surface area contributed by atoms with Gasteiger partial charge in [-0.3, -0.25) is 4.52 Å². The van der Waals surface area contributed by atoms with Crippen LogP contribution in [0.2, 0.25) is 0 Å².